The zero-order chi connectivity index (χ0) is 18.1. The zero-order valence-electron chi connectivity index (χ0n) is 16.0. The van der Waals surface area contributed by atoms with E-state index in [0.29, 0.717) is 6.10 Å². The average molecular weight is 367 g/mol. The SMILES string of the molecule is c1c2c(cc3nc(N4CCOCC4)c(CNC[C@H]4CCCO4)cc13)CCC2. The largest absolute Gasteiger partial charge is 0.378 e. The van der Waals surface area contributed by atoms with Crippen LogP contribution in [0.2, 0.25) is 0 Å². The number of anilines is 1. The minimum atomic E-state index is 0.369. The van der Waals surface area contributed by atoms with Crippen molar-refractivity contribution in [3.05, 3.63) is 34.9 Å². The zero-order valence-corrected chi connectivity index (χ0v) is 16.0. The maximum Gasteiger partial charge on any atom is 0.133 e. The molecule has 2 aromatic rings. The molecule has 1 N–H and O–H groups in total. The standard InChI is InChI=1S/C22H29N3O2/c1-3-16-11-18-12-19(14-23-15-20-5-2-8-27-20)22(25-6-9-26-10-7-25)24-21(18)13-17(16)4-1/h11-13,20,23H,1-10,14-15H2/t20-/m1/s1. The van der Waals surface area contributed by atoms with E-state index < -0.39 is 0 Å². The van der Waals surface area contributed by atoms with Gasteiger partial charge in [-0.05, 0) is 61.4 Å². The minimum Gasteiger partial charge on any atom is -0.378 e. The van der Waals surface area contributed by atoms with Crippen molar-refractivity contribution >= 4 is 16.7 Å². The van der Waals surface area contributed by atoms with E-state index >= 15 is 0 Å². The van der Waals surface area contributed by atoms with E-state index in [-0.39, 0.29) is 0 Å². The van der Waals surface area contributed by atoms with Gasteiger partial charge in [-0.3, -0.25) is 0 Å². The van der Waals surface area contributed by atoms with Crippen LogP contribution < -0.4 is 10.2 Å². The van der Waals surface area contributed by atoms with Crippen molar-refractivity contribution in [2.24, 2.45) is 0 Å². The van der Waals surface area contributed by atoms with Gasteiger partial charge < -0.3 is 19.7 Å². The second-order valence-electron chi connectivity index (χ2n) is 8.00. The van der Waals surface area contributed by atoms with Gasteiger partial charge in [-0.1, -0.05) is 0 Å². The quantitative estimate of drug-likeness (QED) is 0.881. The first-order valence-electron chi connectivity index (χ1n) is 10.5. The van der Waals surface area contributed by atoms with E-state index in [1.807, 2.05) is 0 Å². The fourth-order valence-electron chi connectivity index (χ4n) is 4.63. The molecule has 1 aromatic heterocycles. The molecule has 5 heteroatoms. The second kappa shape index (κ2) is 7.74. The number of benzene rings is 1. The smallest absolute Gasteiger partial charge is 0.133 e. The minimum absolute atomic E-state index is 0.369. The summed E-state index contributed by atoms with van der Waals surface area (Å²) in [6.45, 7) is 6.08. The molecule has 5 nitrogen and oxygen atoms in total. The van der Waals surface area contributed by atoms with E-state index in [4.69, 9.17) is 14.5 Å². The summed E-state index contributed by atoms with van der Waals surface area (Å²) in [5.41, 5.74) is 5.44. The molecule has 2 saturated heterocycles. The van der Waals surface area contributed by atoms with Crippen LogP contribution in [0.4, 0.5) is 5.82 Å². The number of fused-ring (bicyclic) bond motifs is 2. The van der Waals surface area contributed by atoms with Crippen LogP contribution in [0.15, 0.2) is 18.2 Å². The molecule has 2 aliphatic heterocycles. The molecular weight excluding hydrogens is 338 g/mol. The molecule has 27 heavy (non-hydrogen) atoms. The highest BCUT2D eigenvalue weighted by molar-refractivity contribution is 5.84. The van der Waals surface area contributed by atoms with Gasteiger partial charge >= 0.3 is 0 Å². The van der Waals surface area contributed by atoms with E-state index in [0.717, 1.165) is 57.3 Å². The lowest BCUT2D eigenvalue weighted by Gasteiger charge is -2.30. The lowest BCUT2D eigenvalue weighted by molar-refractivity contribution is 0.110. The summed E-state index contributed by atoms with van der Waals surface area (Å²) >= 11 is 0. The first kappa shape index (κ1) is 17.4. The first-order valence-corrected chi connectivity index (χ1v) is 10.5. The molecule has 144 valence electrons. The monoisotopic (exact) mass is 367 g/mol. The number of nitrogens with zero attached hydrogens (tertiary/aromatic N) is 2. The van der Waals surface area contributed by atoms with Crippen LogP contribution >= 0.6 is 0 Å². The summed E-state index contributed by atoms with van der Waals surface area (Å²) < 4.78 is 11.3. The highest BCUT2D eigenvalue weighted by Gasteiger charge is 2.20. The van der Waals surface area contributed by atoms with Crippen molar-refractivity contribution in [1.29, 1.82) is 0 Å². The predicted molar refractivity (Wildman–Crippen MR) is 107 cm³/mol. The van der Waals surface area contributed by atoms with Gasteiger partial charge in [0, 0.05) is 43.7 Å². The van der Waals surface area contributed by atoms with E-state index in [1.54, 1.807) is 0 Å². The maximum absolute atomic E-state index is 5.75. The van der Waals surface area contributed by atoms with Crippen LogP contribution in [-0.2, 0) is 28.9 Å². The number of hydrogen-bond acceptors (Lipinski definition) is 5. The number of ether oxygens (including phenoxy) is 2. The number of nitrogens with one attached hydrogen (secondary N) is 1. The van der Waals surface area contributed by atoms with Gasteiger partial charge in [0.05, 0.1) is 24.8 Å². The Morgan fingerprint density at radius 1 is 1.04 bits per heavy atom. The van der Waals surface area contributed by atoms with Crippen LogP contribution in [0.1, 0.15) is 36.0 Å². The number of rotatable bonds is 5. The third kappa shape index (κ3) is 3.68. The number of morpholine rings is 1. The molecule has 0 unspecified atom stereocenters. The second-order valence-corrected chi connectivity index (χ2v) is 8.00. The summed E-state index contributed by atoms with van der Waals surface area (Å²) in [5.74, 6) is 1.13. The number of hydrogen-bond donors (Lipinski definition) is 1. The van der Waals surface area contributed by atoms with E-state index in [1.165, 1.54) is 54.2 Å². The summed E-state index contributed by atoms with van der Waals surface area (Å²) in [5, 5.41) is 4.90. The normalized spacial score (nSPS) is 22.5. The molecule has 0 radical (unpaired) electrons. The van der Waals surface area contributed by atoms with Crippen LogP contribution in [0.5, 0.6) is 0 Å². The fourth-order valence-corrected chi connectivity index (χ4v) is 4.63. The summed E-state index contributed by atoms with van der Waals surface area (Å²) in [6, 6.07) is 7.05. The Labute approximate surface area is 161 Å². The fraction of sp³-hybridized carbons (Fsp3) is 0.591. The molecule has 3 heterocycles. The van der Waals surface area contributed by atoms with E-state index in [9.17, 15) is 0 Å². The van der Waals surface area contributed by atoms with Gasteiger partial charge in [0.2, 0.25) is 0 Å². The van der Waals surface area contributed by atoms with Crippen molar-refractivity contribution < 1.29 is 9.47 Å². The third-order valence-electron chi connectivity index (χ3n) is 6.11. The molecule has 5 rings (SSSR count). The Kier molecular flexibility index (Phi) is 4.99. The molecule has 1 aromatic carbocycles. The molecule has 0 saturated carbocycles. The highest BCUT2D eigenvalue weighted by Crippen LogP contribution is 2.30. The average Bonchev–Trinajstić information content (AvgIpc) is 3.38. The predicted octanol–water partition coefficient (Wildman–Crippen LogP) is 2.83. The molecule has 0 spiro atoms. The summed E-state index contributed by atoms with van der Waals surface area (Å²) in [6.07, 6.45) is 6.42. The van der Waals surface area contributed by atoms with Crippen molar-refractivity contribution in [3.63, 3.8) is 0 Å². The van der Waals surface area contributed by atoms with Crippen LogP contribution in [0.25, 0.3) is 10.9 Å². The summed E-state index contributed by atoms with van der Waals surface area (Å²) in [4.78, 5) is 7.51. The van der Waals surface area contributed by atoms with Crippen molar-refractivity contribution in [2.45, 2.75) is 44.8 Å². The Bertz CT molecular complexity index is 811. The van der Waals surface area contributed by atoms with Crippen LogP contribution in [0, 0.1) is 0 Å². The van der Waals surface area contributed by atoms with Crippen molar-refractivity contribution in [2.75, 3.05) is 44.4 Å². The van der Waals surface area contributed by atoms with Crippen LogP contribution in [0.3, 0.4) is 0 Å². The van der Waals surface area contributed by atoms with Crippen molar-refractivity contribution in [3.8, 4) is 0 Å². The molecule has 1 atom stereocenters. The lowest BCUT2D eigenvalue weighted by Crippen LogP contribution is -2.38. The molecule has 3 aliphatic rings. The van der Waals surface area contributed by atoms with E-state index in [2.05, 4.69) is 28.4 Å². The van der Waals surface area contributed by atoms with Gasteiger partial charge in [-0.2, -0.15) is 0 Å². The Morgan fingerprint density at radius 2 is 1.89 bits per heavy atom. The molecule has 0 bridgehead atoms. The Morgan fingerprint density at radius 3 is 2.70 bits per heavy atom. The van der Waals surface area contributed by atoms with Gasteiger partial charge in [0.1, 0.15) is 5.82 Å². The third-order valence-corrected chi connectivity index (χ3v) is 6.11. The topological polar surface area (TPSA) is 46.6 Å². The van der Waals surface area contributed by atoms with Crippen molar-refractivity contribution in [1.82, 2.24) is 10.3 Å². The first-order chi connectivity index (χ1) is 13.4. The highest BCUT2D eigenvalue weighted by atomic mass is 16.5. The molecule has 2 fully saturated rings. The number of aryl methyl sites for hydroxylation is 2. The summed E-state index contributed by atoms with van der Waals surface area (Å²) in [7, 11) is 0. The molecule has 1 aliphatic carbocycles. The Balaban J connectivity index is 1.44. The van der Waals surface area contributed by atoms with Gasteiger partial charge in [0.15, 0.2) is 0 Å². The number of aromatic nitrogens is 1. The van der Waals surface area contributed by atoms with Gasteiger partial charge in [-0.15, -0.1) is 0 Å². The molecular formula is C22H29N3O2. The van der Waals surface area contributed by atoms with Gasteiger partial charge in [-0.25, -0.2) is 4.98 Å². The number of pyridine rings is 1. The maximum atomic E-state index is 5.75. The lowest BCUT2D eigenvalue weighted by atomic mass is 10.0. The van der Waals surface area contributed by atoms with Crippen LogP contribution in [-0.4, -0.2) is 50.5 Å². The Hall–Kier alpha value is -1.69. The molecule has 0 amide bonds. The van der Waals surface area contributed by atoms with Gasteiger partial charge in [0.25, 0.3) is 0 Å².